The average Bonchev–Trinajstić information content (AvgIpc) is 3.03. The number of rotatable bonds is 5. The molecule has 1 aromatic carbocycles. The van der Waals surface area contributed by atoms with E-state index in [1.807, 2.05) is 6.33 Å². The van der Waals surface area contributed by atoms with E-state index in [1.165, 1.54) is 11.1 Å². The van der Waals surface area contributed by atoms with Crippen LogP contribution in [0.3, 0.4) is 0 Å². The lowest BCUT2D eigenvalue weighted by Crippen LogP contribution is -2.38. The molecule has 0 amide bonds. The summed E-state index contributed by atoms with van der Waals surface area (Å²) in [6.07, 6.45) is 3.67. The standard InChI is InChI=1S/C19H28N4O/c1-4-23-13-20-21-19(23)16-6-5-7-22(11-16)12-18(24)17-9-14(2)8-15(3)10-17/h8-10,13,16,18,24H,4-7,11-12H2,1-3H3. The van der Waals surface area contributed by atoms with E-state index in [0.717, 1.165) is 43.9 Å². The molecule has 5 heteroatoms. The summed E-state index contributed by atoms with van der Waals surface area (Å²) in [7, 11) is 0. The molecule has 1 saturated heterocycles. The first kappa shape index (κ1) is 17.1. The fourth-order valence-electron chi connectivity index (χ4n) is 3.81. The molecule has 0 radical (unpaired) electrons. The number of aromatic nitrogens is 3. The zero-order chi connectivity index (χ0) is 17.1. The van der Waals surface area contributed by atoms with E-state index in [4.69, 9.17) is 0 Å². The monoisotopic (exact) mass is 328 g/mol. The van der Waals surface area contributed by atoms with Crippen molar-refractivity contribution in [3.05, 3.63) is 47.0 Å². The van der Waals surface area contributed by atoms with Crippen molar-refractivity contribution in [1.29, 1.82) is 0 Å². The first-order valence-corrected chi connectivity index (χ1v) is 8.93. The van der Waals surface area contributed by atoms with E-state index < -0.39 is 6.10 Å². The highest BCUT2D eigenvalue weighted by atomic mass is 16.3. The molecule has 2 aromatic rings. The van der Waals surface area contributed by atoms with Crippen LogP contribution in [0.5, 0.6) is 0 Å². The average molecular weight is 328 g/mol. The predicted molar refractivity (Wildman–Crippen MR) is 95.0 cm³/mol. The van der Waals surface area contributed by atoms with Gasteiger partial charge in [-0.2, -0.15) is 0 Å². The highest BCUT2D eigenvalue weighted by Gasteiger charge is 2.26. The molecule has 1 aliphatic rings. The van der Waals surface area contributed by atoms with Crippen LogP contribution in [0.2, 0.25) is 0 Å². The molecule has 1 fully saturated rings. The SMILES string of the molecule is CCn1cnnc1C1CCCN(CC(O)c2cc(C)cc(C)c2)C1. The molecule has 1 N–H and O–H groups in total. The summed E-state index contributed by atoms with van der Waals surface area (Å²) < 4.78 is 2.13. The second-order valence-corrected chi connectivity index (χ2v) is 7.01. The minimum atomic E-state index is -0.439. The van der Waals surface area contributed by atoms with Crippen LogP contribution < -0.4 is 0 Å². The Bertz CT molecular complexity index is 662. The van der Waals surface area contributed by atoms with Crippen molar-refractivity contribution in [2.45, 2.75) is 52.2 Å². The van der Waals surface area contributed by atoms with E-state index >= 15 is 0 Å². The number of aryl methyl sites for hydroxylation is 3. The molecule has 2 heterocycles. The quantitative estimate of drug-likeness (QED) is 0.917. The van der Waals surface area contributed by atoms with Crippen LogP contribution in [0.1, 0.15) is 54.3 Å². The molecule has 1 aromatic heterocycles. The summed E-state index contributed by atoms with van der Waals surface area (Å²) in [6.45, 7) is 9.86. The van der Waals surface area contributed by atoms with E-state index in [-0.39, 0.29) is 0 Å². The van der Waals surface area contributed by atoms with Gasteiger partial charge in [0.1, 0.15) is 12.2 Å². The molecule has 0 spiro atoms. The van der Waals surface area contributed by atoms with Crippen molar-refractivity contribution in [2.24, 2.45) is 0 Å². The van der Waals surface area contributed by atoms with Crippen LogP contribution in [0.4, 0.5) is 0 Å². The van der Waals surface area contributed by atoms with Crippen molar-refractivity contribution >= 4 is 0 Å². The summed E-state index contributed by atoms with van der Waals surface area (Å²) in [5.41, 5.74) is 3.43. The number of hydrogen-bond acceptors (Lipinski definition) is 4. The van der Waals surface area contributed by atoms with Gasteiger partial charge in [0.15, 0.2) is 0 Å². The zero-order valence-electron chi connectivity index (χ0n) is 14.9. The molecular formula is C19H28N4O. The van der Waals surface area contributed by atoms with E-state index in [0.29, 0.717) is 12.5 Å². The molecule has 1 aliphatic heterocycles. The second kappa shape index (κ2) is 7.45. The normalized spacial score (nSPS) is 20.2. The van der Waals surface area contributed by atoms with E-state index in [9.17, 15) is 5.11 Å². The van der Waals surface area contributed by atoms with Crippen molar-refractivity contribution in [3.63, 3.8) is 0 Å². The summed E-state index contributed by atoms with van der Waals surface area (Å²) in [4.78, 5) is 2.37. The number of aliphatic hydroxyl groups excluding tert-OH is 1. The topological polar surface area (TPSA) is 54.2 Å². The van der Waals surface area contributed by atoms with Gasteiger partial charge in [-0.05, 0) is 45.7 Å². The van der Waals surface area contributed by atoms with Gasteiger partial charge in [0.2, 0.25) is 0 Å². The molecule has 2 atom stereocenters. The van der Waals surface area contributed by atoms with Gasteiger partial charge in [-0.3, -0.25) is 4.90 Å². The Balaban J connectivity index is 1.66. The predicted octanol–water partition coefficient (Wildman–Crippen LogP) is 2.83. The lowest BCUT2D eigenvalue weighted by molar-refractivity contribution is 0.0940. The third kappa shape index (κ3) is 3.84. The van der Waals surface area contributed by atoms with Crippen LogP contribution in [0.15, 0.2) is 24.5 Å². The number of hydrogen-bond donors (Lipinski definition) is 1. The maximum absolute atomic E-state index is 10.7. The van der Waals surface area contributed by atoms with E-state index in [2.05, 4.69) is 58.6 Å². The van der Waals surface area contributed by atoms with Crippen molar-refractivity contribution in [1.82, 2.24) is 19.7 Å². The number of β-amino-alcohol motifs (C(OH)–C–C–N with tert-alkyl or cyclic N) is 1. The first-order chi connectivity index (χ1) is 11.6. The van der Waals surface area contributed by atoms with Crippen molar-refractivity contribution < 1.29 is 5.11 Å². The zero-order valence-corrected chi connectivity index (χ0v) is 14.9. The summed E-state index contributed by atoms with van der Waals surface area (Å²) in [5, 5.41) is 19.1. The number of likely N-dealkylation sites (tertiary alicyclic amines) is 1. The minimum absolute atomic E-state index is 0.410. The van der Waals surface area contributed by atoms with Crippen LogP contribution in [0.25, 0.3) is 0 Å². The molecule has 0 bridgehead atoms. The molecular weight excluding hydrogens is 300 g/mol. The second-order valence-electron chi connectivity index (χ2n) is 7.01. The molecule has 2 unspecified atom stereocenters. The Hall–Kier alpha value is -1.72. The Morgan fingerprint density at radius 2 is 2.00 bits per heavy atom. The third-order valence-corrected chi connectivity index (χ3v) is 4.92. The Morgan fingerprint density at radius 3 is 2.71 bits per heavy atom. The van der Waals surface area contributed by atoms with Gasteiger partial charge in [0, 0.05) is 25.6 Å². The number of aliphatic hydroxyl groups is 1. The fraction of sp³-hybridized carbons (Fsp3) is 0.579. The maximum atomic E-state index is 10.7. The molecule has 5 nitrogen and oxygen atoms in total. The van der Waals surface area contributed by atoms with Gasteiger partial charge in [-0.25, -0.2) is 0 Å². The maximum Gasteiger partial charge on any atom is 0.137 e. The third-order valence-electron chi connectivity index (χ3n) is 4.92. The van der Waals surface area contributed by atoms with Crippen LogP contribution in [-0.2, 0) is 6.54 Å². The van der Waals surface area contributed by atoms with Crippen molar-refractivity contribution in [3.8, 4) is 0 Å². The lowest BCUT2D eigenvalue weighted by atomic mass is 9.96. The molecule has 3 rings (SSSR count). The van der Waals surface area contributed by atoms with Gasteiger partial charge >= 0.3 is 0 Å². The smallest absolute Gasteiger partial charge is 0.137 e. The highest BCUT2D eigenvalue weighted by Crippen LogP contribution is 2.27. The lowest BCUT2D eigenvalue weighted by Gasteiger charge is -2.33. The highest BCUT2D eigenvalue weighted by molar-refractivity contribution is 5.30. The van der Waals surface area contributed by atoms with Crippen molar-refractivity contribution in [2.75, 3.05) is 19.6 Å². The van der Waals surface area contributed by atoms with Gasteiger partial charge in [-0.1, -0.05) is 29.3 Å². The summed E-state index contributed by atoms with van der Waals surface area (Å²) in [5.74, 6) is 1.50. The molecule has 130 valence electrons. The number of nitrogens with zero attached hydrogens (tertiary/aromatic N) is 4. The molecule has 0 aliphatic carbocycles. The first-order valence-electron chi connectivity index (χ1n) is 8.93. The Kier molecular flexibility index (Phi) is 5.31. The number of piperidine rings is 1. The van der Waals surface area contributed by atoms with Gasteiger partial charge in [0.05, 0.1) is 6.10 Å². The summed E-state index contributed by atoms with van der Waals surface area (Å²) in [6, 6.07) is 6.32. The number of benzene rings is 1. The Labute approximate surface area is 144 Å². The van der Waals surface area contributed by atoms with Crippen LogP contribution in [0, 0.1) is 13.8 Å². The van der Waals surface area contributed by atoms with Gasteiger partial charge in [-0.15, -0.1) is 10.2 Å². The van der Waals surface area contributed by atoms with E-state index in [1.54, 1.807) is 0 Å². The van der Waals surface area contributed by atoms with Gasteiger partial charge in [0.25, 0.3) is 0 Å². The summed E-state index contributed by atoms with van der Waals surface area (Å²) >= 11 is 0. The Morgan fingerprint density at radius 1 is 1.25 bits per heavy atom. The molecule has 0 saturated carbocycles. The van der Waals surface area contributed by atoms with Gasteiger partial charge < -0.3 is 9.67 Å². The minimum Gasteiger partial charge on any atom is -0.387 e. The van der Waals surface area contributed by atoms with Crippen LogP contribution >= 0.6 is 0 Å². The van der Waals surface area contributed by atoms with Crippen LogP contribution in [-0.4, -0.2) is 44.4 Å². The molecule has 24 heavy (non-hydrogen) atoms. The fourth-order valence-corrected chi connectivity index (χ4v) is 3.81. The largest absolute Gasteiger partial charge is 0.387 e.